The Morgan fingerprint density at radius 2 is 1.86 bits per heavy atom. The van der Waals surface area contributed by atoms with E-state index < -0.39 is 19.1 Å². The number of carbonyl (C=O) groups excluding carboxylic acids is 2. The Labute approximate surface area is 254 Å². The predicted octanol–water partition coefficient (Wildman–Crippen LogP) is 6.25. The van der Waals surface area contributed by atoms with E-state index >= 15 is 0 Å². The van der Waals surface area contributed by atoms with Gasteiger partial charge in [0.1, 0.15) is 18.8 Å². The molecule has 0 aromatic heterocycles. The Bertz CT molecular complexity index is 1380. The van der Waals surface area contributed by atoms with Crippen molar-refractivity contribution in [2.24, 2.45) is 0 Å². The molecule has 0 N–H and O–H groups in total. The molecule has 0 aliphatic carbocycles. The van der Waals surface area contributed by atoms with E-state index in [1.54, 1.807) is 23.1 Å². The van der Waals surface area contributed by atoms with Gasteiger partial charge >= 0.3 is 5.97 Å². The maximum Gasteiger partial charge on any atom is 0.310 e. The van der Waals surface area contributed by atoms with E-state index in [1.807, 2.05) is 6.07 Å². The Kier molecular flexibility index (Phi) is 10.9. The molecule has 43 heavy (non-hydrogen) atoms. The molecule has 2 aromatic carbocycles. The minimum Gasteiger partial charge on any atom is -0.493 e. The van der Waals surface area contributed by atoms with Crippen molar-refractivity contribution in [2.75, 3.05) is 26.9 Å². The molecule has 3 rings (SSSR count). The summed E-state index contributed by atoms with van der Waals surface area (Å²) in [6.07, 6.45) is 2.15. The van der Waals surface area contributed by atoms with Gasteiger partial charge in [-0.3, -0.25) is 19.7 Å². The second-order valence-corrected chi connectivity index (χ2v) is 17.0. The van der Waals surface area contributed by atoms with Gasteiger partial charge in [0.2, 0.25) is 0 Å². The zero-order valence-corrected chi connectivity index (χ0v) is 26.9. The summed E-state index contributed by atoms with van der Waals surface area (Å²) in [5, 5.41) is 12.2. The fraction of sp³-hybridized carbons (Fsp3) is 0.438. The van der Waals surface area contributed by atoms with Crippen molar-refractivity contribution in [3.05, 3.63) is 88.0 Å². The maximum absolute atomic E-state index is 13.8. The fourth-order valence-corrected chi connectivity index (χ4v) is 5.49. The van der Waals surface area contributed by atoms with Gasteiger partial charge in [-0.15, -0.1) is 0 Å². The molecule has 2 aromatic rings. The van der Waals surface area contributed by atoms with Crippen molar-refractivity contribution >= 4 is 25.9 Å². The summed E-state index contributed by atoms with van der Waals surface area (Å²) >= 11 is 0. The predicted molar refractivity (Wildman–Crippen MR) is 167 cm³/mol. The number of hydrogen-bond donors (Lipinski definition) is 0. The zero-order valence-electron chi connectivity index (χ0n) is 25.9. The van der Waals surface area contributed by atoms with Gasteiger partial charge in [-0.1, -0.05) is 69.8 Å². The van der Waals surface area contributed by atoms with Crippen LogP contribution >= 0.6 is 0 Å². The lowest BCUT2D eigenvalue weighted by molar-refractivity contribution is -0.385. The summed E-state index contributed by atoms with van der Waals surface area (Å²) < 4.78 is 22.9. The molecule has 1 aliphatic heterocycles. The number of benzene rings is 2. The second kappa shape index (κ2) is 14.0. The highest BCUT2D eigenvalue weighted by Gasteiger charge is 2.40. The van der Waals surface area contributed by atoms with E-state index in [4.69, 9.17) is 18.6 Å². The van der Waals surface area contributed by atoms with Crippen molar-refractivity contribution < 1.29 is 33.1 Å². The van der Waals surface area contributed by atoms with Crippen LogP contribution in [-0.2, 0) is 27.0 Å². The molecular weight excluding hydrogens is 568 g/mol. The Morgan fingerprint density at radius 1 is 1.16 bits per heavy atom. The summed E-state index contributed by atoms with van der Waals surface area (Å²) in [4.78, 5) is 38.9. The number of nitro groups is 1. The van der Waals surface area contributed by atoms with Crippen LogP contribution in [0.2, 0.25) is 18.1 Å². The molecular formula is C32H42N2O8Si. The highest BCUT2D eigenvalue weighted by Crippen LogP contribution is 2.39. The van der Waals surface area contributed by atoms with Gasteiger partial charge in [0.25, 0.3) is 11.6 Å². The quantitative estimate of drug-likeness (QED) is 0.0859. The van der Waals surface area contributed by atoms with Crippen molar-refractivity contribution in [1.29, 1.82) is 0 Å². The number of likely N-dealkylation sites (tertiary alicyclic amines) is 1. The molecule has 1 amide bonds. The van der Waals surface area contributed by atoms with E-state index in [-0.39, 0.29) is 59.4 Å². The van der Waals surface area contributed by atoms with Gasteiger partial charge in [0.05, 0.1) is 37.2 Å². The Hall–Kier alpha value is -3.96. The normalized spacial score (nSPS) is 15.3. The van der Waals surface area contributed by atoms with E-state index in [9.17, 15) is 19.7 Å². The van der Waals surface area contributed by atoms with Crippen LogP contribution in [0.3, 0.4) is 0 Å². The van der Waals surface area contributed by atoms with Crippen molar-refractivity contribution in [3.8, 4) is 11.5 Å². The van der Waals surface area contributed by atoms with E-state index in [0.717, 1.165) is 16.7 Å². The highest BCUT2D eigenvalue weighted by atomic mass is 28.4. The third-order valence-electron chi connectivity index (χ3n) is 7.87. The van der Waals surface area contributed by atoms with Gasteiger partial charge in [-0.2, -0.15) is 0 Å². The molecule has 1 aliphatic rings. The lowest BCUT2D eigenvalue weighted by Crippen LogP contribution is -2.46. The molecule has 11 heteroatoms. The maximum atomic E-state index is 13.8. The van der Waals surface area contributed by atoms with Crippen molar-refractivity contribution in [3.63, 3.8) is 0 Å². The number of amides is 1. The summed E-state index contributed by atoms with van der Waals surface area (Å²) in [5.41, 5.74) is 1.85. The minimum absolute atomic E-state index is 0.00198. The van der Waals surface area contributed by atoms with Gasteiger partial charge in [-0.05, 0) is 35.7 Å². The average molecular weight is 611 g/mol. The van der Waals surface area contributed by atoms with Crippen molar-refractivity contribution in [1.82, 2.24) is 4.90 Å². The topological polar surface area (TPSA) is 117 Å². The second-order valence-electron chi connectivity index (χ2n) is 12.1. The molecule has 1 fully saturated rings. The largest absolute Gasteiger partial charge is 0.493 e. The summed E-state index contributed by atoms with van der Waals surface area (Å²) in [5.74, 6) is -0.573. The molecule has 1 atom stereocenters. The fourth-order valence-electron chi connectivity index (χ4n) is 4.44. The summed E-state index contributed by atoms with van der Waals surface area (Å²) in [7, 11) is -0.675. The monoisotopic (exact) mass is 610 g/mol. The zero-order chi connectivity index (χ0) is 31.9. The third-order valence-corrected chi connectivity index (χ3v) is 12.4. The number of hydrogen-bond acceptors (Lipinski definition) is 8. The number of esters is 1. The SMILES string of the molecule is C=CCOC(=O)Cc1cccc(COc2cc([N+](=O)[O-])c(C(=O)N3CC(=C)C[C@H]3CO[Si](C)(C)C(C)(C)C)cc2OC)c1. The number of ether oxygens (including phenoxy) is 3. The van der Waals surface area contributed by atoms with E-state index in [2.05, 4.69) is 47.0 Å². The number of carbonyl (C=O) groups is 2. The molecule has 10 nitrogen and oxygen atoms in total. The lowest BCUT2D eigenvalue weighted by atomic mass is 10.1. The van der Waals surface area contributed by atoms with Gasteiger partial charge in [-0.25, -0.2) is 0 Å². The first kappa shape index (κ1) is 33.5. The first-order valence-electron chi connectivity index (χ1n) is 14.1. The van der Waals surface area contributed by atoms with Crippen LogP contribution < -0.4 is 9.47 Å². The first-order chi connectivity index (χ1) is 20.2. The van der Waals surface area contributed by atoms with Gasteiger partial charge in [0, 0.05) is 12.6 Å². The minimum atomic E-state index is -2.08. The number of nitrogens with zero attached hydrogens (tertiary/aromatic N) is 2. The Balaban J connectivity index is 1.82. The molecule has 0 radical (unpaired) electrons. The number of nitro benzene ring substituents is 1. The molecule has 0 unspecified atom stereocenters. The van der Waals surface area contributed by atoms with Gasteiger partial charge < -0.3 is 23.5 Å². The first-order valence-corrected chi connectivity index (χ1v) is 17.0. The Morgan fingerprint density at radius 3 is 2.49 bits per heavy atom. The third kappa shape index (κ3) is 8.54. The van der Waals surface area contributed by atoms with Crippen LogP contribution in [0.5, 0.6) is 11.5 Å². The van der Waals surface area contributed by atoms with Gasteiger partial charge in [0.15, 0.2) is 19.8 Å². The molecule has 0 bridgehead atoms. The van der Waals surface area contributed by atoms with Crippen LogP contribution in [0, 0.1) is 10.1 Å². The van der Waals surface area contributed by atoms with Crippen LogP contribution in [0.15, 0.2) is 61.2 Å². The molecule has 232 valence electrons. The average Bonchev–Trinajstić information content (AvgIpc) is 3.32. The summed E-state index contributed by atoms with van der Waals surface area (Å²) in [6, 6.07) is 9.47. The van der Waals surface area contributed by atoms with Crippen molar-refractivity contribution in [2.45, 2.75) is 64.4 Å². The summed E-state index contributed by atoms with van der Waals surface area (Å²) in [6.45, 7) is 19.1. The highest BCUT2D eigenvalue weighted by molar-refractivity contribution is 6.74. The van der Waals surface area contributed by atoms with Crippen LogP contribution in [0.25, 0.3) is 0 Å². The van der Waals surface area contributed by atoms with Crippen LogP contribution in [0.4, 0.5) is 5.69 Å². The molecule has 0 spiro atoms. The number of rotatable bonds is 13. The molecule has 1 saturated heterocycles. The standard InChI is InChI=1S/C32H42N2O8Si/c1-9-13-40-30(35)16-23-11-10-12-24(15-23)20-41-29-18-27(34(37)38)26(17-28(29)39-6)31(36)33-19-22(2)14-25(33)21-42-43(7,8)32(3,4)5/h9-12,15,17-18,25H,1-2,13-14,16,19-21H2,3-8H3/t25-/m0/s1. The molecule has 1 heterocycles. The molecule has 0 saturated carbocycles. The smallest absolute Gasteiger partial charge is 0.310 e. The number of methoxy groups -OCH3 is 1. The van der Waals surface area contributed by atoms with Crippen LogP contribution in [0.1, 0.15) is 48.7 Å². The van der Waals surface area contributed by atoms with E-state index in [0.29, 0.717) is 19.6 Å². The van der Waals surface area contributed by atoms with E-state index in [1.165, 1.54) is 25.3 Å². The lowest BCUT2D eigenvalue weighted by Gasteiger charge is -2.38. The van der Waals surface area contributed by atoms with Crippen LogP contribution in [-0.4, -0.2) is 62.9 Å².